The Morgan fingerprint density at radius 1 is 0.590 bits per heavy atom. The van der Waals surface area contributed by atoms with Crippen molar-refractivity contribution in [3.8, 4) is 0 Å². The summed E-state index contributed by atoms with van der Waals surface area (Å²) < 4.78 is 37.2. The van der Waals surface area contributed by atoms with Gasteiger partial charge in [0.15, 0.2) is 24.5 Å². The first kappa shape index (κ1) is 35.8. The number of ketones is 1. The molecular weight excluding hydrogens is 520 g/mol. The van der Waals surface area contributed by atoms with Gasteiger partial charge in [0.25, 0.3) is 0 Å². The maximum Gasteiger partial charge on any atom is 0.337 e. The van der Waals surface area contributed by atoms with Gasteiger partial charge in [0.05, 0.1) is 31.5 Å². The van der Waals surface area contributed by atoms with E-state index in [1.807, 2.05) is 0 Å². The second kappa shape index (κ2) is 16.2. The fraction of sp³-hybridized carbons (Fsp3) is 0.923. The summed E-state index contributed by atoms with van der Waals surface area (Å²) in [6.07, 6.45) is -12.1. The maximum atomic E-state index is 11.8. The van der Waals surface area contributed by atoms with Crippen LogP contribution in [0.2, 0.25) is 0 Å². The second-order valence-corrected chi connectivity index (χ2v) is 10.6. The number of methoxy groups -OCH3 is 1. The molecule has 0 aliphatic carbocycles. The molecule has 230 valence electrons. The van der Waals surface area contributed by atoms with Crippen molar-refractivity contribution in [3.63, 3.8) is 0 Å². The predicted molar refractivity (Wildman–Crippen MR) is 137 cm³/mol. The van der Waals surface area contributed by atoms with Crippen molar-refractivity contribution in [2.24, 2.45) is 0 Å². The second-order valence-electron chi connectivity index (χ2n) is 10.6. The lowest BCUT2D eigenvalue weighted by atomic mass is 9.96. The smallest absolute Gasteiger partial charge is 0.337 e. The zero-order valence-electron chi connectivity index (χ0n) is 24.5. The van der Waals surface area contributed by atoms with Crippen LogP contribution in [-0.2, 0) is 42.7 Å². The van der Waals surface area contributed by atoms with E-state index < -0.39 is 67.4 Å². The van der Waals surface area contributed by atoms with Crippen molar-refractivity contribution in [1.82, 2.24) is 0 Å². The summed E-state index contributed by atoms with van der Waals surface area (Å²) in [6, 6.07) is 0. The van der Waals surface area contributed by atoms with E-state index in [-0.39, 0.29) is 30.2 Å². The highest BCUT2D eigenvalue weighted by molar-refractivity contribution is 5.81. The van der Waals surface area contributed by atoms with Gasteiger partial charge in [0.2, 0.25) is 0 Å². The van der Waals surface area contributed by atoms with Gasteiger partial charge in [-0.25, -0.2) is 4.79 Å². The number of hydrogen-bond donors (Lipinski definition) is 4. The Balaban J connectivity index is 0.000000391. The highest BCUT2D eigenvalue weighted by Crippen LogP contribution is 2.28. The SMILES string of the molecule is CC(=O)C1O[C@H](OC(C)C)[C@@H](O)C(O)[C@H]1OC(C)C.COC(=O)C1O[C@H](OC(C)C)[C@@H](O)C(O)[C@H]1OC(C)C. The topological polar surface area (TPSA) is 180 Å². The van der Waals surface area contributed by atoms with Crippen molar-refractivity contribution in [3.05, 3.63) is 0 Å². The summed E-state index contributed by atoms with van der Waals surface area (Å²) in [5.74, 6) is -0.951. The lowest BCUT2D eigenvalue weighted by Crippen LogP contribution is -2.62. The number of aliphatic hydroxyl groups is 4. The molecule has 10 atom stereocenters. The Hall–Kier alpha value is -1.26. The van der Waals surface area contributed by atoms with E-state index in [1.165, 1.54) is 14.0 Å². The van der Waals surface area contributed by atoms with Crippen LogP contribution in [0.15, 0.2) is 0 Å². The highest BCUT2D eigenvalue weighted by atomic mass is 16.7. The van der Waals surface area contributed by atoms with Crippen LogP contribution in [0, 0.1) is 0 Å². The molecule has 0 aromatic rings. The van der Waals surface area contributed by atoms with Crippen LogP contribution in [0.1, 0.15) is 62.3 Å². The number of aliphatic hydroxyl groups excluding tert-OH is 4. The van der Waals surface area contributed by atoms with Crippen molar-refractivity contribution < 1.29 is 63.2 Å². The molecule has 0 bridgehead atoms. The molecular formula is C26H48O13. The summed E-state index contributed by atoms with van der Waals surface area (Å²) in [7, 11) is 1.22. The van der Waals surface area contributed by atoms with Gasteiger partial charge in [-0.2, -0.15) is 0 Å². The van der Waals surface area contributed by atoms with Crippen LogP contribution < -0.4 is 0 Å². The van der Waals surface area contributed by atoms with Crippen molar-refractivity contribution in [2.75, 3.05) is 7.11 Å². The molecule has 0 saturated carbocycles. The van der Waals surface area contributed by atoms with Crippen LogP contribution in [-0.4, -0.2) is 125 Å². The summed E-state index contributed by atoms with van der Waals surface area (Å²) in [6.45, 7) is 15.5. The molecule has 2 rings (SSSR count). The molecule has 4 N–H and O–H groups in total. The van der Waals surface area contributed by atoms with Crippen molar-refractivity contribution >= 4 is 11.8 Å². The van der Waals surface area contributed by atoms with Gasteiger partial charge in [0.1, 0.15) is 42.7 Å². The lowest BCUT2D eigenvalue weighted by Gasteiger charge is -2.42. The molecule has 2 aliphatic heterocycles. The Kier molecular flexibility index (Phi) is 14.9. The summed E-state index contributed by atoms with van der Waals surface area (Å²) in [5, 5.41) is 40.2. The summed E-state index contributed by atoms with van der Waals surface area (Å²) in [4.78, 5) is 23.4. The minimum absolute atomic E-state index is 0.193. The van der Waals surface area contributed by atoms with E-state index in [1.54, 1.807) is 55.4 Å². The fourth-order valence-electron chi connectivity index (χ4n) is 4.00. The third kappa shape index (κ3) is 10.6. The first-order valence-corrected chi connectivity index (χ1v) is 13.2. The predicted octanol–water partition coefficient (Wildman–Crippen LogP) is 0.0654. The number of carbonyl (C=O) groups excluding carboxylic acids is 2. The van der Waals surface area contributed by atoms with Gasteiger partial charge >= 0.3 is 5.97 Å². The zero-order valence-corrected chi connectivity index (χ0v) is 24.5. The van der Waals surface area contributed by atoms with E-state index in [0.717, 1.165) is 0 Å². The molecule has 4 unspecified atom stereocenters. The quantitative estimate of drug-likeness (QED) is 0.260. The first-order chi connectivity index (χ1) is 18.0. The Morgan fingerprint density at radius 2 is 0.923 bits per heavy atom. The van der Waals surface area contributed by atoms with E-state index in [9.17, 15) is 30.0 Å². The molecule has 0 radical (unpaired) electrons. The Labute approximate surface area is 230 Å². The van der Waals surface area contributed by atoms with Crippen molar-refractivity contribution in [1.29, 1.82) is 0 Å². The first-order valence-electron chi connectivity index (χ1n) is 13.2. The molecule has 39 heavy (non-hydrogen) atoms. The third-order valence-electron chi connectivity index (χ3n) is 5.59. The minimum atomic E-state index is -1.31. The molecule has 0 aromatic carbocycles. The van der Waals surface area contributed by atoms with Crippen molar-refractivity contribution in [2.45, 2.75) is 148 Å². The van der Waals surface area contributed by atoms with Crippen LogP contribution in [0.4, 0.5) is 0 Å². The normalized spacial score (nSPS) is 35.2. The molecule has 13 heteroatoms. The third-order valence-corrected chi connectivity index (χ3v) is 5.59. The van der Waals surface area contributed by atoms with Gasteiger partial charge in [-0.1, -0.05) is 0 Å². The van der Waals surface area contributed by atoms with Crippen LogP contribution in [0.25, 0.3) is 0 Å². The van der Waals surface area contributed by atoms with Gasteiger partial charge in [-0.3, -0.25) is 4.79 Å². The van der Waals surface area contributed by atoms with E-state index >= 15 is 0 Å². The number of hydrogen-bond acceptors (Lipinski definition) is 13. The zero-order chi connectivity index (χ0) is 30.2. The van der Waals surface area contributed by atoms with Crippen LogP contribution in [0.3, 0.4) is 0 Å². The molecule has 2 saturated heterocycles. The maximum absolute atomic E-state index is 11.8. The van der Waals surface area contributed by atoms with E-state index in [0.29, 0.717) is 0 Å². The van der Waals surface area contributed by atoms with Crippen LogP contribution in [0.5, 0.6) is 0 Å². The number of ether oxygens (including phenoxy) is 7. The molecule has 2 aliphatic rings. The number of rotatable bonds is 10. The summed E-state index contributed by atoms with van der Waals surface area (Å²) in [5.41, 5.74) is 0. The number of Topliss-reactive ketones (excluding diaryl/α,β-unsaturated/α-hetero) is 1. The fourth-order valence-corrected chi connectivity index (χ4v) is 4.00. The van der Waals surface area contributed by atoms with Gasteiger partial charge in [0, 0.05) is 0 Å². The molecule has 2 heterocycles. The average Bonchev–Trinajstić information content (AvgIpc) is 2.82. The molecule has 0 spiro atoms. The monoisotopic (exact) mass is 568 g/mol. The number of carbonyl (C=O) groups is 2. The van der Waals surface area contributed by atoms with Gasteiger partial charge in [-0.05, 0) is 62.3 Å². The highest BCUT2D eigenvalue weighted by Gasteiger charge is 2.50. The standard InChI is InChI=1S/C13H24O7.C13H24O6/c1-6(2)18-10-8(14)9(15)13(19-7(3)4)20-11(10)12(16)17-5;1-6(2)17-12-9(15)10(16)13(18-7(3)4)19-11(12)8(5)14/h6-11,13-15H,1-5H3;6-7,9-13,15-16H,1-5H3/t8?,9-,10+,11?,13-;9?,10-,11?,12+,13-/m00/s1. The molecule has 13 nitrogen and oxygen atoms in total. The molecule has 2 fully saturated rings. The largest absolute Gasteiger partial charge is 0.467 e. The Bertz CT molecular complexity index is 743. The van der Waals surface area contributed by atoms with Gasteiger partial charge < -0.3 is 53.6 Å². The average molecular weight is 569 g/mol. The number of esters is 1. The molecule has 0 aromatic heterocycles. The Morgan fingerprint density at radius 3 is 1.23 bits per heavy atom. The van der Waals surface area contributed by atoms with E-state index in [2.05, 4.69) is 4.74 Å². The van der Waals surface area contributed by atoms with Gasteiger partial charge in [-0.15, -0.1) is 0 Å². The molecule has 0 amide bonds. The van der Waals surface area contributed by atoms with E-state index in [4.69, 9.17) is 28.4 Å². The lowest BCUT2D eigenvalue weighted by molar-refractivity contribution is -0.310. The van der Waals surface area contributed by atoms with Crippen LogP contribution >= 0.6 is 0 Å². The summed E-state index contributed by atoms with van der Waals surface area (Å²) >= 11 is 0. The minimum Gasteiger partial charge on any atom is -0.467 e.